The first-order valence-electron chi connectivity index (χ1n) is 6.77. The van der Waals surface area contributed by atoms with Crippen LogP contribution in [0.4, 0.5) is 5.69 Å². The number of nitro groups is 1. The fourth-order valence-corrected chi connectivity index (χ4v) is 2.52. The molecule has 1 aromatic rings. The largest absolute Gasteiger partial charge is 0.327 e. The summed E-state index contributed by atoms with van der Waals surface area (Å²) >= 11 is 0. The predicted octanol–water partition coefficient (Wildman–Crippen LogP) is 2.23. The minimum absolute atomic E-state index is 0. The molecule has 1 saturated heterocycles. The van der Waals surface area contributed by atoms with Crippen molar-refractivity contribution in [3.05, 3.63) is 39.9 Å². The number of nitrogens with two attached hydrogens (primary N) is 1. The number of halogens is 1. The van der Waals surface area contributed by atoms with Crippen molar-refractivity contribution in [2.45, 2.75) is 25.8 Å². The molecule has 112 valence electrons. The zero-order chi connectivity index (χ0) is 13.8. The average molecular weight is 300 g/mol. The van der Waals surface area contributed by atoms with E-state index in [1.165, 1.54) is 0 Å². The van der Waals surface area contributed by atoms with E-state index < -0.39 is 0 Å². The van der Waals surface area contributed by atoms with Crippen LogP contribution in [0, 0.1) is 16.0 Å². The molecule has 0 aliphatic carbocycles. The Kier molecular flexibility index (Phi) is 6.39. The van der Waals surface area contributed by atoms with Gasteiger partial charge in [0.25, 0.3) is 5.69 Å². The van der Waals surface area contributed by atoms with Crippen LogP contribution < -0.4 is 5.73 Å². The first-order chi connectivity index (χ1) is 9.06. The molecular formula is C14H22ClN3O2. The van der Waals surface area contributed by atoms with E-state index in [1.807, 2.05) is 12.1 Å². The molecule has 1 aliphatic rings. The summed E-state index contributed by atoms with van der Waals surface area (Å²) in [6, 6.07) is 7.17. The monoisotopic (exact) mass is 299 g/mol. The predicted molar refractivity (Wildman–Crippen MR) is 82.2 cm³/mol. The summed E-state index contributed by atoms with van der Waals surface area (Å²) in [4.78, 5) is 12.6. The molecule has 0 saturated carbocycles. The van der Waals surface area contributed by atoms with E-state index in [4.69, 9.17) is 5.73 Å². The van der Waals surface area contributed by atoms with Crippen LogP contribution in [0.2, 0.25) is 0 Å². The van der Waals surface area contributed by atoms with Crippen molar-refractivity contribution in [2.75, 3.05) is 19.6 Å². The third-order valence-electron chi connectivity index (χ3n) is 3.92. The molecule has 0 bridgehead atoms. The van der Waals surface area contributed by atoms with E-state index in [1.54, 1.807) is 12.1 Å². The van der Waals surface area contributed by atoms with Gasteiger partial charge in [-0.05, 0) is 30.9 Å². The van der Waals surface area contributed by atoms with E-state index >= 15 is 0 Å². The molecule has 0 aromatic heterocycles. The van der Waals surface area contributed by atoms with Crippen molar-refractivity contribution in [3.63, 3.8) is 0 Å². The van der Waals surface area contributed by atoms with Crippen molar-refractivity contribution in [3.8, 4) is 0 Å². The fourth-order valence-electron chi connectivity index (χ4n) is 2.52. The van der Waals surface area contributed by atoms with Crippen LogP contribution in [0.3, 0.4) is 0 Å². The standard InChI is InChI=1S/C14H21N3O2.ClH/c1-11-10-16(9-7-14(11)15)8-6-12-2-4-13(5-3-12)17(18)19;/h2-5,11,14H,6-10,15H2,1H3;1H. The fraction of sp³-hybridized carbons (Fsp3) is 0.571. The van der Waals surface area contributed by atoms with Gasteiger partial charge in [0.1, 0.15) is 0 Å². The summed E-state index contributed by atoms with van der Waals surface area (Å²) in [6.45, 7) is 5.30. The first-order valence-corrected chi connectivity index (χ1v) is 6.77. The molecule has 2 N–H and O–H groups in total. The number of nitrogens with zero attached hydrogens (tertiary/aromatic N) is 2. The van der Waals surface area contributed by atoms with Crippen molar-refractivity contribution >= 4 is 18.1 Å². The number of piperidine rings is 1. The smallest absolute Gasteiger partial charge is 0.269 e. The number of non-ortho nitro benzene ring substituents is 1. The summed E-state index contributed by atoms with van der Waals surface area (Å²) in [5.41, 5.74) is 7.30. The number of hydrogen-bond donors (Lipinski definition) is 1. The summed E-state index contributed by atoms with van der Waals surface area (Å²) in [6.07, 6.45) is 1.99. The number of likely N-dealkylation sites (tertiary alicyclic amines) is 1. The second kappa shape index (κ2) is 7.57. The topological polar surface area (TPSA) is 72.4 Å². The van der Waals surface area contributed by atoms with Crippen LogP contribution >= 0.6 is 12.4 Å². The van der Waals surface area contributed by atoms with Gasteiger partial charge in [0, 0.05) is 31.3 Å². The minimum Gasteiger partial charge on any atom is -0.327 e. The highest BCUT2D eigenvalue weighted by Crippen LogP contribution is 2.16. The molecule has 6 heteroatoms. The highest BCUT2D eigenvalue weighted by molar-refractivity contribution is 5.85. The Hall–Kier alpha value is -1.17. The lowest BCUT2D eigenvalue weighted by molar-refractivity contribution is -0.384. The Bertz CT molecular complexity index is 439. The van der Waals surface area contributed by atoms with Crippen LogP contribution in [0.25, 0.3) is 0 Å². The Morgan fingerprint density at radius 2 is 2.05 bits per heavy atom. The van der Waals surface area contributed by atoms with E-state index in [-0.39, 0.29) is 23.0 Å². The lowest BCUT2D eigenvalue weighted by Crippen LogP contribution is -2.46. The Labute approximate surface area is 125 Å². The van der Waals surface area contributed by atoms with Gasteiger partial charge in [-0.1, -0.05) is 19.1 Å². The lowest BCUT2D eigenvalue weighted by atomic mass is 9.94. The van der Waals surface area contributed by atoms with Gasteiger partial charge in [-0.2, -0.15) is 0 Å². The second-order valence-corrected chi connectivity index (χ2v) is 5.40. The van der Waals surface area contributed by atoms with Crippen LogP contribution in [0.1, 0.15) is 18.9 Å². The molecule has 0 amide bonds. The van der Waals surface area contributed by atoms with Gasteiger partial charge in [-0.25, -0.2) is 0 Å². The van der Waals surface area contributed by atoms with Crippen molar-refractivity contribution in [2.24, 2.45) is 11.7 Å². The van der Waals surface area contributed by atoms with Gasteiger partial charge in [0.2, 0.25) is 0 Å². The van der Waals surface area contributed by atoms with Crippen molar-refractivity contribution in [1.82, 2.24) is 4.90 Å². The maximum absolute atomic E-state index is 10.6. The molecule has 2 rings (SSSR count). The Morgan fingerprint density at radius 3 is 2.60 bits per heavy atom. The number of rotatable bonds is 4. The summed E-state index contributed by atoms with van der Waals surface area (Å²) < 4.78 is 0. The van der Waals surface area contributed by atoms with Gasteiger partial charge in [0.05, 0.1) is 4.92 Å². The molecule has 2 unspecified atom stereocenters. The molecule has 5 nitrogen and oxygen atoms in total. The maximum atomic E-state index is 10.6. The minimum atomic E-state index is -0.364. The Balaban J connectivity index is 0.00000200. The number of nitro benzene ring substituents is 1. The summed E-state index contributed by atoms with van der Waals surface area (Å²) in [5, 5.41) is 10.6. The third kappa shape index (κ3) is 4.44. The number of benzene rings is 1. The van der Waals surface area contributed by atoms with Crippen LogP contribution in [-0.2, 0) is 6.42 Å². The molecule has 1 aliphatic heterocycles. The highest BCUT2D eigenvalue weighted by Gasteiger charge is 2.22. The van der Waals surface area contributed by atoms with E-state index in [2.05, 4.69) is 11.8 Å². The zero-order valence-electron chi connectivity index (χ0n) is 11.7. The maximum Gasteiger partial charge on any atom is 0.269 e. The molecule has 0 spiro atoms. The second-order valence-electron chi connectivity index (χ2n) is 5.40. The lowest BCUT2D eigenvalue weighted by Gasteiger charge is -2.35. The quantitative estimate of drug-likeness (QED) is 0.683. The van der Waals surface area contributed by atoms with Crippen LogP contribution in [0.5, 0.6) is 0 Å². The van der Waals surface area contributed by atoms with Gasteiger partial charge in [-0.15, -0.1) is 12.4 Å². The van der Waals surface area contributed by atoms with E-state index in [0.717, 1.165) is 38.0 Å². The molecule has 20 heavy (non-hydrogen) atoms. The SMILES string of the molecule is CC1CN(CCc2ccc([N+](=O)[O-])cc2)CCC1N.Cl. The molecular weight excluding hydrogens is 278 g/mol. The average Bonchev–Trinajstić information content (AvgIpc) is 2.40. The van der Waals surface area contributed by atoms with Crippen LogP contribution in [0.15, 0.2) is 24.3 Å². The molecule has 1 fully saturated rings. The van der Waals surface area contributed by atoms with Crippen LogP contribution in [-0.4, -0.2) is 35.5 Å². The van der Waals surface area contributed by atoms with Crippen molar-refractivity contribution in [1.29, 1.82) is 0 Å². The molecule has 1 heterocycles. The van der Waals surface area contributed by atoms with E-state index in [0.29, 0.717) is 12.0 Å². The van der Waals surface area contributed by atoms with Crippen molar-refractivity contribution < 1.29 is 4.92 Å². The molecule has 2 atom stereocenters. The summed E-state index contributed by atoms with van der Waals surface area (Å²) in [7, 11) is 0. The summed E-state index contributed by atoms with van der Waals surface area (Å²) in [5.74, 6) is 0.547. The van der Waals surface area contributed by atoms with Gasteiger partial charge >= 0.3 is 0 Å². The molecule has 0 radical (unpaired) electrons. The van der Waals surface area contributed by atoms with Gasteiger partial charge < -0.3 is 10.6 Å². The first kappa shape index (κ1) is 16.9. The normalized spacial score (nSPS) is 23.1. The van der Waals surface area contributed by atoms with Gasteiger partial charge in [-0.3, -0.25) is 10.1 Å². The van der Waals surface area contributed by atoms with Gasteiger partial charge in [0.15, 0.2) is 0 Å². The Morgan fingerprint density at radius 1 is 1.40 bits per heavy atom. The van der Waals surface area contributed by atoms with E-state index in [9.17, 15) is 10.1 Å². The molecule has 1 aromatic carbocycles. The highest BCUT2D eigenvalue weighted by atomic mass is 35.5. The zero-order valence-corrected chi connectivity index (χ0v) is 12.5. The third-order valence-corrected chi connectivity index (χ3v) is 3.92. The number of hydrogen-bond acceptors (Lipinski definition) is 4.